The van der Waals surface area contributed by atoms with Gasteiger partial charge in [0.1, 0.15) is 11.3 Å². The van der Waals surface area contributed by atoms with Gasteiger partial charge in [-0.15, -0.1) is 11.8 Å². The van der Waals surface area contributed by atoms with Gasteiger partial charge < -0.3 is 25.8 Å². The van der Waals surface area contributed by atoms with Crippen LogP contribution in [0.25, 0.3) is 11.0 Å². The zero-order valence-electron chi connectivity index (χ0n) is 19.9. The molecule has 1 amide bonds. The van der Waals surface area contributed by atoms with Crippen molar-refractivity contribution in [2.45, 2.75) is 49.8 Å². The number of aliphatic hydroxyl groups is 1. The van der Waals surface area contributed by atoms with Gasteiger partial charge in [-0.05, 0) is 49.9 Å². The molecule has 1 aliphatic heterocycles. The van der Waals surface area contributed by atoms with E-state index in [0.717, 1.165) is 29.4 Å². The van der Waals surface area contributed by atoms with Crippen LogP contribution < -0.4 is 20.7 Å². The van der Waals surface area contributed by atoms with Gasteiger partial charge in [-0.3, -0.25) is 9.78 Å². The lowest BCUT2D eigenvalue weighted by Gasteiger charge is -2.33. The summed E-state index contributed by atoms with van der Waals surface area (Å²) in [6.45, 7) is 3.58. The summed E-state index contributed by atoms with van der Waals surface area (Å²) in [5, 5.41) is 20.6. The summed E-state index contributed by atoms with van der Waals surface area (Å²) in [6.07, 6.45) is 2.83. The first kappa shape index (κ1) is 23.8. The van der Waals surface area contributed by atoms with Crippen LogP contribution in [0.15, 0.2) is 35.4 Å². The molecule has 4 N–H and O–H groups in total. The van der Waals surface area contributed by atoms with Gasteiger partial charge in [0.25, 0.3) is 0 Å². The van der Waals surface area contributed by atoms with Crippen molar-refractivity contribution in [1.82, 2.24) is 20.3 Å². The molecule has 1 aliphatic carbocycles. The van der Waals surface area contributed by atoms with Gasteiger partial charge in [0.2, 0.25) is 11.8 Å². The second-order valence-corrected chi connectivity index (χ2v) is 10.1. The fourth-order valence-electron chi connectivity index (χ4n) is 4.68. The van der Waals surface area contributed by atoms with E-state index in [9.17, 15) is 9.90 Å². The van der Waals surface area contributed by atoms with Gasteiger partial charge >= 0.3 is 0 Å². The molecule has 184 valence electrons. The molecular formula is C25H30N6O3S. The lowest BCUT2D eigenvalue weighted by molar-refractivity contribution is -0.122. The summed E-state index contributed by atoms with van der Waals surface area (Å²) >= 11 is 1.83. The van der Waals surface area contributed by atoms with Crippen molar-refractivity contribution in [3.8, 4) is 5.88 Å². The molecule has 4 heterocycles. The summed E-state index contributed by atoms with van der Waals surface area (Å²) < 4.78 is 5.21. The van der Waals surface area contributed by atoms with E-state index in [1.807, 2.05) is 17.8 Å². The Bertz CT molecular complexity index is 1240. The molecule has 9 nitrogen and oxygen atoms in total. The van der Waals surface area contributed by atoms with Crippen LogP contribution in [-0.4, -0.2) is 57.5 Å². The van der Waals surface area contributed by atoms with Crippen LogP contribution >= 0.6 is 11.8 Å². The van der Waals surface area contributed by atoms with E-state index < -0.39 is 6.10 Å². The monoisotopic (exact) mass is 494 g/mol. The van der Waals surface area contributed by atoms with E-state index in [2.05, 4.69) is 38.9 Å². The highest BCUT2D eigenvalue weighted by Crippen LogP contribution is 2.32. The van der Waals surface area contributed by atoms with Crippen LogP contribution in [0.2, 0.25) is 0 Å². The molecule has 3 atom stereocenters. The molecule has 1 saturated carbocycles. The van der Waals surface area contributed by atoms with Gasteiger partial charge in [-0.2, -0.15) is 0 Å². The predicted octanol–water partition coefficient (Wildman–Crippen LogP) is 3.12. The first-order chi connectivity index (χ1) is 17.0. The first-order valence-corrected chi connectivity index (χ1v) is 12.9. The Morgan fingerprint density at radius 2 is 2.17 bits per heavy atom. The molecule has 0 unspecified atom stereocenters. The Balaban J connectivity index is 1.20. The Hall–Kier alpha value is -2.95. The fraction of sp³-hybridized carbons (Fsp3) is 0.440. The van der Waals surface area contributed by atoms with Crippen LogP contribution in [0, 0.1) is 12.8 Å². The van der Waals surface area contributed by atoms with E-state index in [4.69, 9.17) is 9.72 Å². The number of thioether (sulfide) groups is 1. The fourth-order valence-corrected chi connectivity index (χ4v) is 5.62. The van der Waals surface area contributed by atoms with E-state index in [1.165, 1.54) is 4.90 Å². The van der Waals surface area contributed by atoms with Gasteiger partial charge in [-0.25, -0.2) is 9.97 Å². The Morgan fingerprint density at radius 3 is 3.00 bits per heavy atom. The second-order valence-electron chi connectivity index (χ2n) is 9.01. The zero-order chi connectivity index (χ0) is 24.4. The van der Waals surface area contributed by atoms with Crippen molar-refractivity contribution in [1.29, 1.82) is 0 Å². The number of ether oxygens (including phenoxy) is 1. The van der Waals surface area contributed by atoms with Gasteiger partial charge in [0.05, 0.1) is 35.0 Å². The number of pyridine rings is 3. The largest absolute Gasteiger partial charge is 0.481 e. The number of hydrogen-bond donors (Lipinski definition) is 4. The topological polar surface area (TPSA) is 121 Å². The van der Waals surface area contributed by atoms with Gasteiger partial charge in [-0.1, -0.05) is 0 Å². The minimum Gasteiger partial charge on any atom is -0.481 e. The van der Waals surface area contributed by atoms with Gasteiger partial charge in [0, 0.05) is 43.1 Å². The molecule has 0 bridgehead atoms. The Morgan fingerprint density at radius 1 is 1.29 bits per heavy atom. The van der Waals surface area contributed by atoms with Crippen molar-refractivity contribution in [3.05, 3.63) is 41.7 Å². The quantitative estimate of drug-likeness (QED) is 0.409. The number of methoxy groups -OCH3 is 1. The molecule has 10 heteroatoms. The molecule has 5 rings (SSSR count). The summed E-state index contributed by atoms with van der Waals surface area (Å²) in [6, 6.07) is 7.39. The Labute approximate surface area is 208 Å². The summed E-state index contributed by atoms with van der Waals surface area (Å²) in [4.78, 5) is 27.8. The van der Waals surface area contributed by atoms with Crippen molar-refractivity contribution in [3.63, 3.8) is 0 Å². The SMILES string of the molecule is COc1ccc2nccc(NC(=O)[C@H]3CC[C@H](NCc4nc5c(cc4C)SCCN5)[C@@H](O)C3)c2n1. The lowest BCUT2D eigenvalue weighted by Crippen LogP contribution is -2.46. The summed E-state index contributed by atoms with van der Waals surface area (Å²) in [5.41, 5.74) is 3.98. The van der Waals surface area contributed by atoms with Crippen molar-refractivity contribution in [2.75, 3.05) is 30.0 Å². The van der Waals surface area contributed by atoms with Gasteiger partial charge in [0.15, 0.2) is 0 Å². The molecule has 2 aliphatic rings. The van der Waals surface area contributed by atoms with Crippen molar-refractivity contribution < 1.29 is 14.6 Å². The average Bonchev–Trinajstić information content (AvgIpc) is 2.88. The molecular weight excluding hydrogens is 464 g/mol. The number of aryl methyl sites for hydroxylation is 1. The molecule has 35 heavy (non-hydrogen) atoms. The molecule has 3 aromatic heterocycles. The smallest absolute Gasteiger partial charge is 0.227 e. The lowest BCUT2D eigenvalue weighted by atomic mass is 9.83. The third-order valence-corrected chi connectivity index (χ3v) is 7.71. The maximum atomic E-state index is 13.0. The zero-order valence-corrected chi connectivity index (χ0v) is 20.7. The summed E-state index contributed by atoms with van der Waals surface area (Å²) in [7, 11) is 1.55. The predicted molar refractivity (Wildman–Crippen MR) is 137 cm³/mol. The highest BCUT2D eigenvalue weighted by molar-refractivity contribution is 7.99. The van der Waals surface area contributed by atoms with E-state index in [0.29, 0.717) is 48.4 Å². The number of nitrogens with one attached hydrogen (secondary N) is 3. The van der Waals surface area contributed by atoms with Crippen LogP contribution in [-0.2, 0) is 11.3 Å². The Kier molecular flexibility index (Phi) is 7.03. The molecule has 0 aromatic carbocycles. The number of aromatic nitrogens is 3. The summed E-state index contributed by atoms with van der Waals surface area (Å²) in [5.74, 6) is 2.07. The number of fused-ring (bicyclic) bond motifs is 2. The minimum atomic E-state index is -0.612. The number of carbonyl (C=O) groups is 1. The highest BCUT2D eigenvalue weighted by atomic mass is 32.2. The van der Waals surface area contributed by atoms with Crippen LogP contribution in [0.1, 0.15) is 30.5 Å². The third kappa shape index (κ3) is 5.19. The molecule has 0 saturated heterocycles. The highest BCUT2D eigenvalue weighted by Gasteiger charge is 2.33. The standard InChI is InChI=1S/C25H30N6O3S/c1-14-11-21-24(27-9-10-35-21)29-19(14)13-28-16-4-3-15(12-20(16)32)25(33)30-18-7-8-26-17-5-6-22(34-2)31-23(17)18/h5-8,11,15-16,20,28,32H,3-4,9-10,12-13H2,1-2H3,(H,27,29)(H,26,30,33)/t15-,16-,20-/m0/s1. The van der Waals surface area contributed by atoms with Crippen LogP contribution in [0.5, 0.6) is 5.88 Å². The van der Waals surface area contributed by atoms with E-state index in [1.54, 1.807) is 25.4 Å². The number of anilines is 2. The second kappa shape index (κ2) is 10.3. The molecule has 1 fully saturated rings. The van der Waals surface area contributed by atoms with E-state index >= 15 is 0 Å². The number of nitrogens with zero attached hydrogens (tertiary/aromatic N) is 3. The van der Waals surface area contributed by atoms with Crippen molar-refractivity contribution in [2.24, 2.45) is 5.92 Å². The molecule has 0 spiro atoms. The number of rotatable bonds is 6. The first-order valence-electron chi connectivity index (χ1n) is 11.9. The number of aliphatic hydroxyl groups excluding tert-OH is 1. The maximum Gasteiger partial charge on any atom is 0.227 e. The normalized spacial score (nSPS) is 21.7. The molecule has 0 radical (unpaired) electrons. The third-order valence-electron chi connectivity index (χ3n) is 6.68. The van der Waals surface area contributed by atoms with E-state index in [-0.39, 0.29) is 17.9 Å². The van der Waals surface area contributed by atoms with Crippen LogP contribution in [0.3, 0.4) is 0 Å². The number of amides is 1. The van der Waals surface area contributed by atoms with Crippen LogP contribution in [0.4, 0.5) is 11.5 Å². The average molecular weight is 495 g/mol. The van der Waals surface area contributed by atoms with Crippen molar-refractivity contribution >= 4 is 40.2 Å². The number of carbonyl (C=O) groups excluding carboxylic acids is 1. The molecule has 3 aromatic rings. The minimum absolute atomic E-state index is 0.0775. The number of hydrogen-bond acceptors (Lipinski definition) is 9. The maximum absolute atomic E-state index is 13.0.